The summed E-state index contributed by atoms with van der Waals surface area (Å²) >= 11 is 0. The van der Waals surface area contributed by atoms with E-state index >= 15 is 0 Å². The van der Waals surface area contributed by atoms with Gasteiger partial charge in [0, 0.05) is 13.1 Å². The number of rotatable bonds is 5. The Kier molecular flexibility index (Phi) is 6.63. The molecule has 1 aromatic rings. The van der Waals surface area contributed by atoms with Gasteiger partial charge in [0.15, 0.2) is 8.32 Å². The maximum atomic E-state index is 11.6. The van der Waals surface area contributed by atoms with Crippen molar-refractivity contribution < 1.29 is 19.1 Å². The SMILES string of the molecule is CC(=O)OC[C@]1(O)[C@H](C)C[C@H](c2ccncc2N)C[C@@H]1O[Si](C)(C)C(C)(C)C. The average Bonchev–Trinajstić information content (AvgIpc) is 2.56. The molecule has 1 aliphatic rings. The molecule has 0 bridgehead atoms. The van der Waals surface area contributed by atoms with E-state index in [9.17, 15) is 9.90 Å². The van der Waals surface area contributed by atoms with Crippen LogP contribution >= 0.6 is 0 Å². The number of hydrogen-bond donors (Lipinski definition) is 2. The summed E-state index contributed by atoms with van der Waals surface area (Å²) in [6.45, 7) is 14.2. The molecule has 0 unspecified atom stereocenters. The number of nitrogens with zero attached hydrogens (tertiary/aromatic N) is 1. The van der Waals surface area contributed by atoms with Crippen molar-refractivity contribution in [1.29, 1.82) is 0 Å². The van der Waals surface area contributed by atoms with Crippen molar-refractivity contribution in [3.05, 3.63) is 24.0 Å². The number of hydrogen-bond acceptors (Lipinski definition) is 6. The molecule has 6 nitrogen and oxygen atoms in total. The van der Waals surface area contributed by atoms with Crippen LogP contribution in [0.1, 0.15) is 58.9 Å². The molecular weight excluding hydrogens is 372 g/mol. The molecule has 1 aromatic heterocycles. The minimum Gasteiger partial charge on any atom is -0.463 e. The maximum Gasteiger partial charge on any atom is 0.302 e. The fourth-order valence-electron chi connectivity index (χ4n) is 3.69. The molecule has 0 spiro atoms. The Morgan fingerprint density at radius 1 is 1.39 bits per heavy atom. The highest BCUT2D eigenvalue weighted by Crippen LogP contribution is 2.47. The zero-order valence-corrected chi connectivity index (χ0v) is 19.3. The average molecular weight is 409 g/mol. The molecule has 1 fully saturated rings. The van der Waals surface area contributed by atoms with Gasteiger partial charge < -0.3 is 20.0 Å². The first-order valence-electron chi connectivity index (χ1n) is 10.0. The van der Waals surface area contributed by atoms with E-state index in [0.717, 1.165) is 12.0 Å². The van der Waals surface area contributed by atoms with Gasteiger partial charge in [0.2, 0.25) is 0 Å². The van der Waals surface area contributed by atoms with Crippen molar-refractivity contribution in [3.8, 4) is 0 Å². The normalized spacial score (nSPS) is 28.8. The first-order valence-corrected chi connectivity index (χ1v) is 12.9. The minimum absolute atomic E-state index is 0.00121. The van der Waals surface area contributed by atoms with Crippen LogP contribution in [0, 0.1) is 5.92 Å². The lowest BCUT2D eigenvalue weighted by Crippen LogP contribution is -2.60. The molecule has 7 heteroatoms. The highest BCUT2D eigenvalue weighted by atomic mass is 28.4. The van der Waals surface area contributed by atoms with Crippen LogP contribution in [0.5, 0.6) is 0 Å². The zero-order valence-electron chi connectivity index (χ0n) is 18.3. The third-order valence-corrected chi connectivity index (χ3v) is 11.1. The quantitative estimate of drug-likeness (QED) is 0.567. The lowest BCUT2D eigenvalue weighted by atomic mass is 9.68. The Morgan fingerprint density at radius 3 is 2.57 bits per heavy atom. The number of pyridine rings is 1. The summed E-state index contributed by atoms with van der Waals surface area (Å²) in [5.41, 5.74) is 6.66. The largest absolute Gasteiger partial charge is 0.463 e. The molecule has 3 N–H and O–H groups in total. The molecule has 0 aliphatic heterocycles. The van der Waals surface area contributed by atoms with Gasteiger partial charge in [0.25, 0.3) is 0 Å². The van der Waals surface area contributed by atoms with Crippen LogP contribution in [-0.4, -0.2) is 42.7 Å². The van der Waals surface area contributed by atoms with Gasteiger partial charge in [-0.05, 0) is 54.4 Å². The fraction of sp³-hybridized carbons (Fsp3) is 0.714. The van der Waals surface area contributed by atoms with Crippen LogP contribution in [0.15, 0.2) is 18.5 Å². The molecule has 2 rings (SSSR count). The van der Waals surface area contributed by atoms with Gasteiger partial charge in [-0.15, -0.1) is 0 Å². The molecule has 1 aliphatic carbocycles. The van der Waals surface area contributed by atoms with Crippen LogP contribution in [0.4, 0.5) is 5.69 Å². The third-order valence-electron chi connectivity index (χ3n) is 6.62. The highest BCUT2D eigenvalue weighted by molar-refractivity contribution is 6.74. The smallest absolute Gasteiger partial charge is 0.302 e. The Bertz CT molecular complexity index is 704. The molecule has 0 saturated heterocycles. The van der Waals surface area contributed by atoms with E-state index in [4.69, 9.17) is 14.9 Å². The number of aromatic nitrogens is 1. The number of anilines is 1. The molecule has 4 atom stereocenters. The molecule has 1 heterocycles. The Hall–Kier alpha value is -1.44. The summed E-state index contributed by atoms with van der Waals surface area (Å²) < 4.78 is 12.0. The van der Waals surface area contributed by atoms with E-state index in [1.54, 1.807) is 12.4 Å². The second kappa shape index (κ2) is 8.12. The predicted molar refractivity (Wildman–Crippen MR) is 113 cm³/mol. The fourth-order valence-corrected chi connectivity index (χ4v) is 5.05. The highest BCUT2D eigenvalue weighted by Gasteiger charge is 2.52. The summed E-state index contributed by atoms with van der Waals surface area (Å²) in [7, 11) is -2.16. The number of carbonyl (C=O) groups excluding carboxylic acids is 1. The Labute approximate surface area is 170 Å². The first-order chi connectivity index (χ1) is 12.8. The molecular formula is C21H36N2O4Si. The molecule has 0 radical (unpaired) electrons. The number of ether oxygens (including phenoxy) is 1. The Balaban J connectivity index is 2.38. The van der Waals surface area contributed by atoms with E-state index in [2.05, 4.69) is 38.8 Å². The van der Waals surface area contributed by atoms with Crippen molar-refractivity contribution in [1.82, 2.24) is 4.98 Å². The van der Waals surface area contributed by atoms with Crippen LogP contribution in [0.3, 0.4) is 0 Å². The topological polar surface area (TPSA) is 94.7 Å². The van der Waals surface area contributed by atoms with Gasteiger partial charge in [-0.3, -0.25) is 9.78 Å². The molecule has 0 amide bonds. The molecule has 0 aromatic carbocycles. The standard InChI is InChI=1S/C21H36N2O4Si/c1-14-10-16(17-8-9-23-12-18(17)22)11-19(21(14,25)13-26-15(2)24)27-28(6,7)20(3,4)5/h8-9,12,14,16,19,25H,10-11,13,22H2,1-7H3/t14-,16+,19+,21+/m1/s1. The van der Waals surface area contributed by atoms with Gasteiger partial charge in [-0.2, -0.15) is 0 Å². The van der Waals surface area contributed by atoms with Gasteiger partial charge >= 0.3 is 5.97 Å². The van der Waals surface area contributed by atoms with Crippen LogP contribution < -0.4 is 5.73 Å². The van der Waals surface area contributed by atoms with Crippen molar-refractivity contribution in [2.45, 2.75) is 83.2 Å². The summed E-state index contributed by atoms with van der Waals surface area (Å²) in [6, 6.07) is 1.95. The lowest BCUT2D eigenvalue weighted by Gasteiger charge is -2.51. The van der Waals surface area contributed by atoms with E-state index < -0.39 is 26.0 Å². The van der Waals surface area contributed by atoms with Crippen molar-refractivity contribution in [2.24, 2.45) is 5.92 Å². The van der Waals surface area contributed by atoms with E-state index in [1.165, 1.54) is 6.92 Å². The van der Waals surface area contributed by atoms with Crippen LogP contribution in [0.2, 0.25) is 18.1 Å². The number of nitrogen functional groups attached to an aromatic ring is 1. The molecule has 1 saturated carbocycles. The lowest BCUT2D eigenvalue weighted by molar-refractivity contribution is -0.177. The Morgan fingerprint density at radius 2 is 2.04 bits per heavy atom. The van der Waals surface area contributed by atoms with Crippen molar-refractivity contribution in [2.75, 3.05) is 12.3 Å². The predicted octanol–water partition coefficient (Wildman–Crippen LogP) is 3.86. The number of aliphatic hydroxyl groups is 1. The summed E-state index contributed by atoms with van der Waals surface area (Å²) in [4.78, 5) is 15.5. The van der Waals surface area contributed by atoms with E-state index in [-0.39, 0.29) is 23.5 Å². The number of nitrogens with two attached hydrogens (primary N) is 1. The van der Waals surface area contributed by atoms with Crippen molar-refractivity contribution in [3.63, 3.8) is 0 Å². The maximum absolute atomic E-state index is 11.6. The van der Waals surface area contributed by atoms with Crippen LogP contribution in [-0.2, 0) is 14.0 Å². The van der Waals surface area contributed by atoms with Gasteiger partial charge in [0.05, 0.1) is 18.0 Å². The van der Waals surface area contributed by atoms with E-state index in [0.29, 0.717) is 12.1 Å². The number of esters is 1. The molecule has 158 valence electrons. The first kappa shape index (κ1) is 22.8. The minimum atomic E-state index is -2.16. The van der Waals surface area contributed by atoms with Gasteiger partial charge in [-0.25, -0.2) is 0 Å². The monoisotopic (exact) mass is 408 g/mol. The van der Waals surface area contributed by atoms with Crippen LogP contribution in [0.25, 0.3) is 0 Å². The zero-order chi connectivity index (χ0) is 21.3. The summed E-state index contributed by atoms with van der Waals surface area (Å²) in [5, 5.41) is 11.6. The van der Waals surface area contributed by atoms with E-state index in [1.807, 2.05) is 13.0 Å². The van der Waals surface area contributed by atoms with Gasteiger partial charge in [-0.1, -0.05) is 27.7 Å². The summed E-state index contributed by atoms with van der Waals surface area (Å²) in [5.74, 6) is -0.356. The third kappa shape index (κ3) is 4.75. The summed E-state index contributed by atoms with van der Waals surface area (Å²) in [6.07, 6.45) is 4.35. The second-order valence-corrected chi connectivity index (χ2v) is 14.5. The van der Waals surface area contributed by atoms with Crippen molar-refractivity contribution >= 4 is 20.0 Å². The number of carbonyl (C=O) groups is 1. The molecule has 28 heavy (non-hydrogen) atoms. The second-order valence-electron chi connectivity index (χ2n) is 9.71. The van der Waals surface area contributed by atoms with Gasteiger partial charge in [0.1, 0.15) is 12.2 Å².